The largest absolute Gasteiger partial charge is 0.493 e. The van der Waals surface area contributed by atoms with Crippen LogP contribution in [0.3, 0.4) is 0 Å². The van der Waals surface area contributed by atoms with E-state index in [1.807, 2.05) is 5.43 Å². The molecule has 0 saturated heterocycles. The van der Waals surface area contributed by atoms with Gasteiger partial charge in [-0.3, -0.25) is 15.0 Å². The lowest BCUT2D eigenvalue weighted by atomic mass is 10.0. The third-order valence-corrected chi connectivity index (χ3v) is 2.35. The fourth-order valence-corrected chi connectivity index (χ4v) is 1.57. The number of hydrogen-bond donors (Lipinski definition) is 2. The molecule has 0 radical (unpaired) electrons. The van der Waals surface area contributed by atoms with Gasteiger partial charge in [-0.25, -0.2) is 5.84 Å². The molecule has 0 fully saturated rings. The van der Waals surface area contributed by atoms with E-state index in [1.165, 1.54) is 27.4 Å². The summed E-state index contributed by atoms with van der Waals surface area (Å²) in [7, 11) is 4.15. The number of ether oxygens (including phenoxy) is 3. The molecule has 1 rings (SSSR count). The van der Waals surface area contributed by atoms with Crippen molar-refractivity contribution in [3.05, 3.63) is 17.2 Å². The maximum Gasteiger partial charge on any atom is 0.269 e. The minimum Gasteiger partial charge on any atom is -0.493 e. The summed E-state index contributed by atoms with van der Waals surface area (Å²) < 4.78 is 15.3. The first-order valence-electron chi connectivity index (χ1n) is 4.93. The van der Waals surface area contributed by atoms with Crippen molar-refractivity contribution in [1.29, 1.82) is 0 Å². The molecule has 0 bridgehead atoms. The Balaban J connectivity index is 3.65. The van der Waals surface area contributed by atoms with Gasteiger partial charge in [-0.05, 0) is 6.07 Å². The Morgan fingerprint density at radius 2 is 1.83 bits per heavy atom. The monoisotopic (exact) mass is 254 g/mol. The number of nitrogen functional groups attached to an aromatic ring is 1. The van der Waals surface area contributed by atoms with Crippen LogP contribution in [-0.2, 0) is 0 Å². The maximum absolute atomic E-state index is 11.7. The molecule has 7 heteroatoms. The first kappa shape index (κ1) is 13.8. The third-order valence-electron chi connectivity index (χ3n) is 2.35. The highest BCUT2D eigenvalue weighted by Gasteiger charge is 2.24. The molecule has 3 N–H and O–H groups in total. The van der Waals surface area contributed by atoms with E-state index in [0.29, 0.717) is 6.29 Å². The van der Waals surface area contributed by atoms with Gasteiger partial charge in [0.1, 0.15) is 0 Å². The number of nitrogens with two attached hydrogens (primary N) is 1. The van der Waals surface area contributed by atoms with E-state index in [9.17, 15) is 9.59 Å². The Labute approximate surface area is 104 Å². The van der Waals surface area contributed by atoms with Gasteiger partial charge < -0.3 is 14.2 Å². The molecule has 0 aromatic heterocycles. The van der Waals surface area contributed by atoms with Gasteiger partial charge >= 0.3 is 0 Å². The molecule has 1 aromatic rings. The summed E-state index contributed by atoms with van der Waals surface area (Å²) in [6, 6.07) is 1.37. The van der Waals surface area contributed by atoms with E-state index < -0.39 is 5.91 Å². The Hall–Kier alpha value is -2.28. The van der Waals surface area contributed by atoms with Crippen molar-refractivity contribution in [1.82, 2.24) is 5.43 Å². The summed E-state index contributed by atoms with van der Waals surface area (Å²) in [4.78, 5) is 22.7. The van der Waals surface area contributed by atoms with Crippen molar-refractivity contribution in [3.63, 3.8) is 0 Å². The van der Waals surface area contributed by atoms with Crippen LogP contribution >= 0.6 is 0 Å². The van der Waals surface area contributed by atoms with Crippen LogP contribution in [0, 0.1) is 0 Å². The maximum atomic E-state index is 11.7. The molecule has 1 amide bonds. The standard InChI is InChI=1S/C11H14N2O5/c1-16-7-4-6(5-14)8(11(15)13-12)10(18-3)9(7)17-2/h4-5H,12H2,1-3H3,(H,13,15). The average molecular weight is 254 g/mol. The van der Waals surface area contributed by atoms with Crippen molar-refractivity contribution in [2.45, 2.75) is 0 Å². The molecule has 0 aliphatic rings. The highest BCUT2D eigenvalue weighted by Crippen LogP contribution is 2.41. The number of methoxy groups -OCH3 is 3. The second-order valence-corrected chi connectivity index (χ2v) is 3.20. The van der Waals surface area contributed by atoms with Crippen molar-refractivity contribution < 1.29 is 23.8 Å². The zero-order chi connectivity index (χ0) is 13.7. The van der Waals surface area contributed by atoms with Crippen molar-refractivity contribution in [3.8, 4) is 17.2 Å². The van der Waals surface area contributed by atoms with Gasteiger partial charge in [0.2, 0.25) is 5.75 Å². The van der Waals surface area contributed by atoms with E-state index in [4.69, 9.17) is 20.1 Å². The first-order chi connectivity index (χ1) is 8.64. The highest BCUT2D eigenvalue weighted by atomic mass is 16.5. The van der Waals surface area contributed by atoms with Crippen LogP contribution in [0.5, 0.6) is 17.2 Å². The van der Waals surface area contributed by atoms with Crippen molar-refractivity contribution in [2.24, 2.45) is 5.84 Å². The molecule has 0 heterocycles. The number of carbonyl (C=O) groups is 2. The second kappa shape index (κ2) is 5.87. The zero-order valence-corrected chi connectivity index (χ0v) is 10.3. The number of amides is 1. The minimum atomic E-state index is -0.657. The lowest BCUT2D eigenvalue weighted by Gasteiger charge is -2.16. The van der Waals surface area contributed by atoms with Crippen molar-refractivity contribution in [2.75, 3.05) is 21.3 Å². The topological polar surface area (TPSA) is 99.9 Å². The number of carbonyl (C=O) groups excluding carboxylic acids is 2. The molecule has 18 heavy (non-hydrogen) atoms. The van der Waals surface area contributed by atoms with Crippen LogP contribution in [0.25, 0.3) is 0 Å². The second-order valence-electron chi connectivity index (χ2n) is 3.20. The van der Waals surface area contributed by atoms with E-state index >= 15 is 0 Å². The molecule has 0 unspecified atom stereocenters. The van der Waals surface area contributed by atoms with Crippen LogP contribution < -0.4 is 25.5 Å². The summed E-state index contributed by atoms with van der Waals surface area (Å²) in [6.45, 7) is 0. The highest BCUT2D eigenvalue weighted by molar-refractivity contribution is 6.05. The summed E-state index contributed by atoms with van der Waals surface area (Å²) in [5.74, 6) is 4.99. The normalized spacial score (nSPS) is 9.56. The molecule has 0 atom stereocenters. The number of benzene rings is 1. The van der Waals surface area contributed by atoms with Gasteiger partial charge in [0.15, 0.2) is 17.8 Å². The van der Waals surface area contributed by atoms with Crippen molar-refractivity contribution >= 4 is 12.2 Å². The Kier molecular flexibility index (Phi) is 4.50. The number of rotatable bonds is 5. The molecule has 0 spiro atoms. The molecule has 1 aromatic carbocycles. The predicted octanol–water partition coefficient (Wildman–Crippen LogP) is 0.128. The van der Waals surface area contributed by atoms with E-state index in [1.54, 1.807) is 0 Å². The number of hydrogen-bond acceptors (Lipinski definition) is 6. The van der Waals surface area contributed by atoms with E-state index in [2.05, 4.69) is 0 Å². The molecular formula is C11H14N2O5. The minimum absolute atomic E-state index is 0.00681. The summed E-state index contributed by atoms with van der Waals surface area (Å²) >= 11 is 0. The fourth-order valence-electron chi connectivity index (χ4n) is 1.57. The molecule has 98 valence electrons. The third kappa shape index (κ3) is 2.21. The number of aldehydes is 1. The number of hydrazine groups is 1. The van der Waals surface area contributed by atoms with Gasteiger partial charge in [0, 0.05) is 5.56 Å². The quantitative estimate of drug-likeness (QED) is 0.335. The number of nitrogens with one attached hydrogen (secondary N) is 1. The Morgan fingerprint density at radius 1 is 1.22 bits per heavy atom. The summed E-state index contributed by atoms with van der Waals surface area (Å²) in [6.07, 6.45) is 0.509. The van der Waals surface area contributed by atoms with Crippen LogP contribution in [0.2, 0.25) is 0 Å². The van der Waals surface area contributed by atoms with Crippen LogP contribution in [0.15, 0.2) is 6.07 Å². The molecule has 0 aliphatic heterocycles. The van der Waals surface area contributed by atoms with Gasteiger partial charge in [0.25, 0.3) is 5.91 Å². The van der Waals surface area contributed by atoms with Gasteiger partial charge in [-0.1, -0.05) is 0 Å². The summed E-state index contributed by atoms with van der Waals surface area (Å²) in [5.41, 5.74) is 2.03. The van der Waals surface area contributed by atoms with E-state index in [-0.39, 0.29) is 28.4 Å². The predicted molar refractivity (Wildman–Crippen MR) is 63.1 cm³/mol. The Morgan fingerprint density at radius 3 is 2.22 bits per heavy atom. The SMILES string of the molecule is COc1cc(C=O)c(C(=O)NN)c(OC)c1OC. The average Bonchev–Trinajstić information content (AvgIpc) is 2.43. The van der Waals surface area contributed by atoms with Gasteiger partial charge in [0.05, 0.1) is 26.9 Å². The van der Waals surface area contributed by atoms with Crippen LogP contribution in [0.4, 0.5) is 0 Å². The molecule has 0 aliphatic carbocycles. The van der Waals surface area contributed by atoms with Crippen LogP contribution in [0.1, 0.15) is 20.7 Å². The Bertz CT molecular complexity index is 473. The first-order valence-corrected chi connectivity index (χ1v) is 4.93. The fraction of sp³-hybridized carbons (Fsp3) is 0.273. The smallest absolute Gasteiger partial charge is 0.269 e. The van der Waals surface area contributed by atoms with E-state index in [0.717, 1.165) is 0 Å². The summed E-state index contributed by atoms with van der Waals surface area (Å²) in [5, 5.41) is 0. The lowest BCUT2D eigenvalue weighted by molar-refractivity contribution is 0.0944. The molecule has 7 nitrogen and oxygen atoms in total. The molecule has 0 saturated carbocycles. The lowest BCUT2D eigenvalue weighted by Crippen LogP contribution is -2.31. The van der Waals surface area contributed by atoms with Gasteiger partial charge in [-0.15, -0.1) is 0 Å². The zero-order valence-electron chi connectivity index (χ0n) is 10.3. The van der Waals surface area contributed by atoms with Crippen LogP contribution in [-0.4, -0.2) is 33.5 Å². The van der Waals surface area contributed by atoms with Gasteiger partial charge in [-0.2, -0.15) is 0 Å². The molecular weight excluding hydrogens is 240 g/mol.